The van der Waals surface area contributed by atoms with Gasteiger partial charge in [0.2, 0.25) is 0 Å². The summed E-state index contributed by atoms with van der Waals surface area (Å²) in [5, 5.41) is 3.83. The number of aromatic nitrogens is 1. The molecule has 0 aliphatic heterocycles. The van der Waals surface area contributed by atoms with Gasteiger partial charge in [0, 0.05) is 31.1 Å². The van der Waals surface area contributed by atoms with Crippen LogP contribution in [0.5, 0.6) is 0 Å². The summed E-state index contributed by atoms with van der Waals surface area (Å²) in [5.74, 6) is 0. The SMILES string of the molecule is c1ccc2nc(-c3ccc4sc5ccccc5c4c3)ccc2c1. The maximum atomic E-state index is 4.82. The van der Waals surface area contributed by atoms with Crippen molar-refractivity contribution >= 4 is 42.4 Å². The molecule has 5 rings (SSSR count). The lowest BCUT2D eigenvalue weighted by molar-refractivity contribution is 1.40. The van der Waals surface area contributed by atoms with Gasteiger partial charge in [0.05, 0.1) is 11.2 Å². The zero-order valence-corrected chi connectivity index (χ0v) is 13.2. The van der Waals surface area contributed by atoms with Crippen molar-refractivity contribution in [3.63, 3.8) is 0 Å². The van der Waals surface area contributed by atoms with E-state index in [0.717, 1.165) is 11.2 Å². The van der Waals surface area contributed by atoms with Crippen molar-refractivity contribution in [2.75, 3.05) is 0 Å². The van der Waals surface area contributed by atoms with Crippen LogP contribution in [0.25, 0.3) is 42.3 Å². The minimum Gasteiger partial charge on any atom is -0.248 e. The molecular formula is C21H13NS. The molecule has 2 aromatic heterocycles. The van der Waals surface area contributed by atoms with Crippen molar-refractivity contribution in [1.29, 1.82) is 0 Å². The number of hydrogen-bond acceptors (Lipinski definition) is 2. The molecule has 0 fully saturated rings. The van der Waals surface area contributed by atoms with Crippen molar-refractivity contribution in [3.8, 4) is 11.3 Å². The third-order valence-electron chi connectivity index (χ3n) is 4.27. The van der Waals surface area contributed by atoms with E-state index < -0.39 is 0 Å². The summed E-state index contributed by atoms with van der Waals surface area (Å²) in [7, 11) is 0. The molecule has 108 valence electrons. The topological polar surface area (TPSA) is 12.9 Å². The number of fused-ring (bicyclic) bond motifs is 4. The third kappa shape index (κ3) is 2.03. The van der Waals surface area contributed by atoms with Gasteiger partial charge in [-0.3, -0.25) is 0 Å². The molecule has 5 aromatic rings. The fourth-order valence-corrected chi connectivity index (χ4v) is 4.20. The van der Waals surface area contributed by atoms with Crippen LogP contribution in [-0.4, -0.2) is 4.98 Å². The van der Waals surface area contributed by atoms with E-state index in [-0.39, 0.29) is 0 Å². The number of hydrogen-bond donors (Lipinski definition) is 0. The fourth-order valence-electron chi connectivity index (χ4n) is 3.11. The first-order valence-corrected chi connectivity index (χ1v) is 8.48. The molecule has 3 aromatic carbocycles. The highest BCUT2D eigenvalue weighted by Gasteiger charge is 2.07. The van der Waals surface area contributed by atoms with E-state index in [1.54, 1.807) is 0 Å². The van der Waals surface area contributed by atoms with Crippen LogP contribution in [0.4, 0.5) is 0 Å². The first-order chi connectivity index (χ1) is 11.4. The lowest BCUT2D eigenvalue weighted by atomic mass is 10.1. The molecule has 0 unspecified atom stereocenters. The number of para-hydroxylation sites is 1. The van der Waals surface area contributed by atoms with E-state index in [2.05, 4.69) is 66.7 Å². The Morgan fingerprint density at radius 1 is 0.652 bits per heavy atom. The summed E-state index contributed by atoms with van der Waals surface area (Å²) in [6, 6.07) is 27.8. The van der Waals surface area contributed by atoms with Crippen molar-refractivity contribution in [3.05, 3.63) is 78.9 Å². The van der Waals surface area contributed by atoms with Gasteiger partial charge in [-0.15, -0.1) is 11.3 Å². The molecule has 0 bridgehead atoms. The summed E-state index contributed by atoms with van der Waals surface area (Å²) in [4.78, 5) is 4.82. The quantitative estimate of drug-likeness (QED) is 0.355. The molecule has 0 saturated heterocycles. The standard InChI is InChI=1S/C21H13NS/c1-3-7-18-14(5-1)9-11-19(22-18)15-10-12-21-17(13-15)16-6-2-4-8-20(16)23-21/h1-13H. The highest BCUT2D eigenvalue weighted by molar-refractivity contribution is 7.25. The highest BCUT2D eigenvalue weighted by atomic mass is 32.1. The van der Waals surface area contributed by atoms with Gasteiger partial charge in [-0.1, -0.05) is 48.5 Å². The zero-order chi connectivity index (χ0) is 15.2. The number of nitrogens with zero attached hydrogens (tertiary/aromatic N) is 1. The van der Waals surface area contributed by atoms with Crippen LogP contribution in [0, 0.1) is 0 Å². The van der Waals surface area contributed by atoms with Crippen LogP contribution >= 0.6 is 11.3 Å². The van der Waals surface area contributed by atoms with Crippen LogP contribution in [-0.2, 0) is 0 Å². The van der Waals surface area contributed by atoms with Gasteiger partial charge in [-0.25, -0.2) is 4.98 Å². The monoisotopic (exact) mass is 311 g/mol. The fraction of sp³-hybridized carbons (Fsp3) is 0. The molecule has 23 heavy (non-hydrogen) atoms. The molecule has 1 nitrogen and oxygen atoms in total. The van der Waals surface area contributed by atoms with Crippen molar-refractivity contribution < 1.29 is 0 Å². The summed E-state index contributed by atoms with van der Waals surface area (Å²) < 4.78 is 2.67. The average molecular weight is 311 g/mol. The number of thiophene rings is 1. The van der Waals surface area contributed by atoms with E-state index in [1.165, 1.54) is 31.1 Å². The van der Waals surface area contributed by atoms with E-state index in [4.69, 9.17) is 4.98 Å². The Hall–Kier alpha value is -2.71. The van der Waals surface area contributed by atoms with Crippen LogP contribution in [0.1, 0.15) is 0 Å². The lowest BCUT2D eigenvalue weighted by Crippen LogP contribution is -1.84. The van der Waals surface area contributed by atoms with Crippen molar-refractivity contribution in [1.82, 2.24) is 4.98 Å². The smallest absolute Gasteiger partial charge is 0.0709 e. The molecule has 0 atom stereocenters. The van der Waals surface area contributed by atoms with Gasteiger partial charge in [-0.2, -0.15) is 0 Å². The van der Waals surface area contributed by atoms with Crippen LogP contribution in [0.15, 0.2) is 78.9 Å². The highest BCUT2D eigenvalue weighted by Crippen LogP contribution is 2.36. The molecule has 0 spiro atoms. The Morgan fingerprint density at radius 2 is 1.48 bits per heavy atom. The zero-order valence-electron chi connectivity index (χ0n) is 12.4. The maximum absolute atomic E-state index is 4.82. The van der Waals surface area contributed by atoms with Crippen LogP contribution in [0.3, 0.4) is 0 Å². The van der Waals surface area contributed by atoms with Gasteiger partial charge in [0.25, 0.3) is 0 Å². The Morgan fingerprint density at radius 3 is 2.48 bits per heavy atom. The molecule has 0 saturated carbocycles. The predicted molar refractivity (Wildman–Crippen MR) is 100 cm³/mol. The lowest BCUT2D eigenvalue weighted by Gasteiger charge is -2.04. The number of rotatable bonds is 1. The molecule has 0 aliphatic rings. The summed E-state index contributed by atoms with van der Waals surface area (Å²) in [6.45, 7) is 0. The van der Waals surface area contributed by atoms with Gasteiger partial charge in [-0.05, 0) is 30.3 Å². The van der Waals surface area contributed by atoms with Crippen molar-refractivity contribution in [2.24, 2.45) is 0 Å². The molecule has 2 heterocycles. The number of pyridine rings is 1. The molecular weight excluding hydrogens is 298 g/mol. The van der Waals surface area contributed by atoms with E-state index in [1.807, 2.05) is 23.5 Å². The largest absolute Gasteiger partial charge is 0.248 e. The first kappa shape index (κ1) is 12.8. The molecule has 2 heteroatoms. The Balaban J connectivity index is 1.76. The summed E-state index contributed by atoms with van der Waals surface area (Å²) >= 11 is 1.85. The molecule has 0 radical (unpaired) electrons. The van der Waals surface area contributed by atoms with Gasteiger partial charge in [0.1, 0.15) is 0 Å². The van der Waals surface area contributed by atoms with Gasteiger partial charge < -0.3 is 0 Å². The molecule has 0 amide bonds. The van der Waals surface area contributed by atoms with E-state index in [9.17, 15) is 0 Å². The average Bonchev–Trinajstić information content (AvgIpc) is 2.99. The predicted octanol–water partition coefficient (Wildman–Crippen LogP) is 6.27. The van der Waals surface area contributed by atoms with Gasteiger partial charge >= 0.3 is 0 Å². The van der Waals surface area contributed by atoms with Gasteiger partial charge in [0.15, 0.2) is 0 Å². The van der Waals surface area contributed by atoms with E-state index >= 15 is 0 Å². The number of benzene rings is 3. The Kier molecular flexibility index (Phi) is 2.73. The summed E-state index contributed by atoms with van der Waals surface area (Å²) in [6.07, 6.45) is 0. The maximum Gasteiger partial charge on any atom is 0.0709 e. The second kappa shape index (κ2) is 4.90. The Bertz CT molecular complexity index is 1170. The summed E-state index contributed by atoms with van der Waals surface area (Å²) in [5.41, 5.74) is 3.24. The second-order valence-corrected chi connectivity index (χ2v) is 6.78. The van der Waals surface area contributed by atoms with Crippen LogP contribution in [0.2, 0.25) is 0 Å². The normalized spacial score (nSPS) is 11.5. The Labute approximate surface area is 137 Å². The van der Waals surface area contributed by atoms with Crippen molar-refractivity contribution in [2.45, 2.75) is 0 Å². The molecule has 0 N–H and O–H groups in total. The first-order valence-electron chi connectivity index (χ1n) is 7.66. The van der Waals surface area contributed by atoms with E-state index in [0.29, 0.717) is 0 Å². The molecule has 0 aliphatic carbocycles. The third-order valence-corrected chi connectivity index (χ3v) is 5.42. The van der Waals surface area contributed by atoms with Crippen LogP contribution < -0.4 is 0 Å². The minimum absolute atomic E-state index is 1.03. The minimum atomic E-state index is 1.03. The second-order valence-electron chi connectivity index (χ2n) is 5.70.